The fourth-order valence-electron chi connectivity index (χ4n) is 1.51. The SMILES string of the molecule is COc1ccc(/[C]=N\OCc2cccc(F)c2F)cc1. The van der Waals surface area contributed by atoms with Crippen molar-refractivity contribution < 1.29 is 18.4 Å². The molecule has 0 saturated carbocycles. The zero-order valence-corrected chi connectivity index (χ0v) is 10.8. The summed E-state index contributed by atoms with van der Waals surface area (Å²) in [5.74, 6) is -1.11. The van der Waals surface area contributed by atoms with Gasteiger partial charge in [-0.1, -0.05) is 17.3 Å². The summed E-state index contributed by atoms with van der Waals surface area (Å²) < 4.78 is 31.3. The Morgan fingerprint density at radius 1 is 1.10 bits per heavy atom. The lowest BCUT2D eigenvalue weighted by molar-refractivity contribution is 0.129. The average Bonchev–Trinajstić information content (AvgIpc) is 2.48. The summed E-state index contributed by atoms with van der Waals surface area (Å²) in [5.41, 5.74) is 0.788. The van der Waals surface area contributed by atoms with Gasteiger partial charge in [-0.05, 0) is 30.3 Å². The van der Waals surface area contributed by atoms with Crippen molar-refractivity contribution in [3.63, 3.8) is 0 Å². The Kier molecular flexibility index (Phi) is 4.65. The van der Waals surface area contributed by atoms with Crippen LogP contribution < -0.4 is 4.74 Å². The zero-order chi connectivity index (χ0) is 14.4. The molecule has 2 rings (SSSR count). The van der Waals surface area contributed by atoms with E-state index in [0.717, 1.165) is 11.8 Å². The molecule has 0 N–H and O–H groups in total. The zero-order valence-electron chi connectivity index (χ0n) is 10.8. The van der Waals surface area contributed by atoms with Gasteiger partial charge in [0.05, 0.1) is 7.11 Å². The first kappa shape index (κ1) is 14.0. The molecule has 0 atom stereocenters. The van der Waals surface area contributed by atoms with Crippen molar-refractivity contribution in [1.82, 2.24) is 0 Å². The lowest BCUT2D eigenvalue weighted by atomic mass is 10.2. The smallest absolute Gasteiger partial charge is 0.165 e. The number of hydrogen-bond acceptors (Lipinski definition) is 3. The van der Waals surface area contributed by atoms with Crippen molar-refractivity contribution in [3.05, 3.63) is 65.2 Å². The largest absolute Gasteiger partial charge is 0.497 e. The summed E-state index contributed by atoms with van der Waals surface area (Å²) in [5, 5.41) is 3.58. The summed E-state index contributed by atoms with van der Waals surface area (Å²) in [6.07, 6.45) is 2.63. The van der Waals surface area contributed by atoms with Crippen LogP contribution in [0.25, 0.3) is 0 Å². The van der Waals surface area contributed by atoms with Gasteiger partial charge < -0.3 is 9.57 Å². The van der Waals surface area contributed by atoms with E-state index in [0.29, 0.717) is 5.56 Å². The maximum Gasteiger partial charge on any atom is 0.165 e. The van der Waals surface area contributed by atoms with E-state index < -0.39 is 11.6 Å². The molecule has 0 amide bonds. The van der Waals surface area contributed by atoms with Gasteiger partial charge in [0.15, 0.2) is 11.6 Å². The highest BCUT2D eigenvalue weighted by Crippen LogP contribution is 2.13. The van der Waals surface area contributed by atoms with E-state index in [1.165, 1.54) is 12.1 Å². The van der Waals surface area contributed by atoms with E-state index in [2.05, 4.69) is 11.4 Å². The van der Waals surface area contributed by atoms with Crippen LogP contribution in [-0.2, 0) is 11.4 Å². The van der Waals surface area contributed by atoms with Crippen molar-refractivity contribution in [2.24, 2.45) is 5.16 Å². The highest BCUT2D eigenvalue weighted by molar-refractivity contribution is 5.79. The molecular formula is C15H12F2NO2. The third-order valence-corrected chi connectivity index (χ3v) is 2.58. The molecule has 0 aromatic heterocycles. The van der Waals surface area contributed by atoms with Crippen LogP contribution in [0.5, 0.6) is 5.75 Å². The van der Waals surface area contributed by atoms with Crippen LogP contribution in [0.15, 0.2) is 47.6 Å². The molecule has 5 heteroatoms. The van der Waals surface area contributed by atoms with Crippen molar-refractivity contribution >= 4 is 6.21 Å². The molecule has 20 heavy (non-hydrogen) atoms. The van der Waals surface area contributed by atoms with Gasteiger partial charge >= 0.3 is 0 Å². The van der Waals surface area contributed by atoms with Crippen LogP contribution >= 0.6 is 0 Å². The topological polar surface area (TPSA) is 30.8 Å². The summed E-state index contributed by atoms with van der Waals surface area (Å²) in [7, 11) is 1.57. The summed E-state index contributed by atoms with van der Waals surface area (Å²) in [6, 6.07) is 10.9. The van der Waals surface area contributed by atoms with Crippen LogP contribution in [-0.4, -0.2) is 13.3 Å². The highest BCUT2D eigenvalue weighted by atomic mass is 19.2. The van der Waals surface area contributed by atoms with E-state index in [1.54, 1.807) is 31.4 Å². The second-order valence-corrected chi connectivity index (χ2v) is 3.92. The molecule has 0 unspecified atom stereocenters. The first-order valence-electron chi connectivity index (χ1n) is 5.85. The quantitative estimate of drug-likeness (QED) is 0.619. The van der Waals surface area contributed by atoms with Crippen molar-refractivity contribution in [3.8, 4) is 5.75 Å². The third-order valence-electron chi connectivity index (χ3n) is 2.58. The Morgan fingerprint density at radius 3 is 2.55 bits per heavy atom. The average molecular weight is 276 g/mol. The van der Waals surface area contributed by atoms with E-state index in [4.69, 9.17) is 9.57 Å². The third kappa shape index (κ3) is 3.54. The number of nitrogens with zero attached hydrogens (tertiary/aromatic N) is 1. The van der Waals surface area contributed by atoms with Crippen molar-refractivity contribution in [1.29, 1.82) is 0 Å². The van der Waals surface area contributed by atoms with Crippen LogP contribution in [0.4, 0.5) is 8.78 Å². The first-order valence-corrected chi connectivity index (χ1v) is 5.85. The molecule has 0 saturated heterocycles. The fraction of sp³-hybridized carbons (Fsp3) is 0.133. The molecule has 0 aliphatic rings. The number of ether oxygens (including phenoxy) is 1. The molecule has 0 aliphatic heterocycles. The van der Waals surface area contributed by atoms with E-state index in [1.807, 2.05) is 0 Å². The maximum atomic E-state index is 13.3. The van der Waals surface area contributed by atoms with Gasteiger partial charge in [0.1, 0.15) is 18.6 Å². The molecule has 3 nitrogen and oxygen atoms in total. The van der Waals surface area contributed by atoms with Gasteiger partial charge in [-0.15, -0.1) is 0 Å². The monoisotopic (exact) mass is 276 g/mol. The molecule has 0 spiro atoms. The molecule has 0 fully saturated rings. The normalized spacial score (nSPS) is 10.8. The predicted molar refractivity (Wildman–Crippen MR) is 70.7 cm³/mol. The van der Waals surface area contributed by atoms with Crippen LogP contribution in [0.3, 0.4) is 0 Å². The van der Waals surface area contributed by atoms with Gasteiger partial charge in [-0.2, -0.15) is 0 Å². The molecule has 103 valence electrons. The minimum absolute atomic E-state index is 0.102. The lowest BCUT2D eigenvalue weighted by Gasteiger charge is -2.02. The number of halogens is 2. The van der Waals surface area contributed by atoms with Gasteiger partial charge in [-0.3, -0.25) is 0 Å². The summed E-state index contributed by atoms with van der Waals surface area (Å²) in [6.45, 7) is -0.160. The van der Waals surface area contributed by atoms with E-state index >= 15 is 0 Å². The molecule has 1 radical (unpaired) electrons. The lowest BCUT2D eigenvalue weighted by Crippen LogP contribution is -1.95. The fourth-order valence-corrected chi connectivity index (χ4v) is 1.51. The Bertz CT molecular complexity index is 597. The second-order valence-electron chi connectivity index (χ2n) is 3.92. The Hall–Kier alpha value is -2.43. The highest BCUT2D eigenvalue weighted by Gasteiger charge is 2.07. The minimum atomic E-state index is -0.924. The molecule has 0 aliphatic carbocycles. The number of benzene rings is 2. The van der Waals surface area contributed by atoms with Gasteiger partial charge in [0, 0.05) is 11.1 Å². The molecular weight excluding hydrogens is 264 g/mol. The van der Waals surface area contributed by atoms with Crippen LogP contribution in [0.1, 0.15) is 11.1 Å². The second kappa shape index (κ2) is 6.65. The Morgan fingerprint density at radius 2 is 1.85 bits per heavy atom. The standard InChI is InChI=1S/C15H12F2NO2/c1-19-13-7-5-11(6-8-13)9-18-20-10-12-3-2-4-14(16)15(12)17/h2-8H,10H2,1H3. The van der Waals surface area contributed by atoms with Crippen LogP contribution in [0, 0.1) is 11.6 Å². The van der Waals surface area contributed by atoms with Gasteiger partial charge in [-0.25, -0.2) is 8.78 Å². The summed E-state index contributed by atoms with van der Waals surface area (Å²) >= 11 is 0. The Labute approximate surface area is 115 Å². The maximum absolute atomic E-state index is 13.3. The van der Waals surface area contributed by atoms with Crippen LogP contribution in [0.2, 0.25) is 0 Å². The number of rotatable bonds is 5. The van der Waals surface area contributed by atoms with Gasteiger partial charge in [0.25, 0.3) is 0 Å². The van der Waals surface area contributed by atoms with Gasteiger partial charge in [0.2, 0.25) is 0 Å². The van der Waals surface area contributed by atoms with E-state index in [9.17, 15) is 8.78 Å². The van der Waals surface area contributed by atoms with Crippen molar-refractivity contribution in [2.45, 2.75) is 6.61 Å². The number of hydrogen-bond donors (Lipinski definition) is 0. The Balaban J connectivity index is 1.91. The number of methoxy groups -OCH3 is 1. The molecule has 2 aromatic carbocycles. The van der Waals surface area contributed by atoms with E-state index in [-0.39, 0.29) is 12.2 Å². The molecule has 2 aromatic rings. The first-order chi connectivity index (χ1) is 9.70. The molecule has 0 bridgehead atoms. The predicted octanol–water partition coefficient (Wildman–Crippen LogP) is 3.40. The molecule has 0 heterocycles. The minimum Gasteiger partial charge on any atom is -0.497 e. The van der Waals surface area contributed by atoms with Crippen molar-refractivity contribution in [2.75, 3.05) is 7.11 Å². The summed E-state index contributed by atoms with van der Waals surface area (Å²) in [4.78, 5) is 4.89.